The first kappa shape index (κ1) is 13.8. The number of carbonyl (C=O) groups is 1. The van der Waals surface area contributed by atoms with Crippen LogP contribution in [0.4, 0.5) is 10.1 Å². The number of halogens is 1. The molecule has 0 aromatic heterocycles. The standard InChI is InChI=1S/C11H14FN3O3S/c1-7-11(16)14-5-6-15(7)19(17,18)9-4-2-3-8(12)10(9)13/h2-4,7H,5-6,13H2,1H3,(H,14,16). The van der Waals surface area contributed by atoms with Gasteiger partial charge < -0.3 is 11.1 Å². The van der Waals surface area contributed by atoms with Crippen LogP contribution in [-0.4, -0.2) is 37.8 Å². The predicted molar refractivity (Wildman–Crippen MR) is 67.2 cm³/mol. The molecule has 0 aliphatic carbocycles. The second kappa shape index (κ2) is 4.78. The van der Waals surface area contributed by atoms with Gasteiger partial charge in [0.2, 0.25) is 15.9 Å². The lowest BCUT2D eigenvalue weighted by molar-refractivity contribution is -0.126. The van der Waals surface area contributed by atoms with Crippen molar-refractivity contribution < 1.29 is 17.6 Å². The van der Waals surface area contributed by atoms with Crippen LogP contribution in [0.15, 0.2) is 23.1 Å². The van der Waals surface area contributed by atoms with Gasteiger partial charge in [0.25, 0.3) is 0 Å². The Morgan fingerprint density at radius 1 is 1.47 bits per heavy atom. The molecular weight excluding hydrogens is 273 g/mol. The zero-order valence-corrected chi connectivity index (χ0v) is 11.1. The number of nitrogens with two attached hydrogens (primary N) is 1. The number of nitrogens with zero attached hydrogens (tertiary/aromatic N) is 1. The van der Waals surface area contributed by atoms with Crippen LogP contribution in [-0.2, 0) is 14.8 Å². The number of hydrogen-bond donors (Lipinski definition) is 2. The molecule has 1 unspecified atom stereocenters. The molecule has 0 spiro atoms. The average molecular weight is 287 g/mol. The number of para-hydroxylation sites is 1. The van der Waals surface area contributed by atoms with E-state index in [0.717, 1.165) is 10.4 Å². The first-order valence-corrected chi connectivity index (χ1v) is 7.13. The van der Waals surface area contributed by atoms with Gasteiger partial charge >= 0.3 is 0 Å². The number of nitrogens with one attached hydrogen (secondary N) is 1. The van der Waals surface area contributed by atoms with E-state index in [2.05, 4.69) is 5.32 Å². The molecule has 1 aliphatic heterocycles. The molecule has 6 nitrogen and oxygen atoms in total. The normalized spacial score (nSPS) is 21.2. The maximum absolute atomic E-state index is 13.4. The van der Waals surface area contributed by atoms with Crippen LogP contribution in [0.1, 0.15) is 6.92 Å². The Morgan fingerprint density at radius 2 is 2.16 bits per heavy atom. The number of sulfonamides is 1. The Kier molecular flexibility index (Phi) is 3.46. The van der Waals surface area contributed by atoms with Gasteiger partial charge in [-0.25, -0.2) is 12.8 Å². The van der Waals surface area contributed by atoms with Gasteiger partial charge in [0.1, 0.15) is 16.8 Å². The quantitative estimate of drug-likeness (QED) is 0.744. The Balaban J connectivity index is 2.48. The highest BCUT2D eigenvalue weighted by molar-refractivity contribution is 7.89. The number of rotatable bonds is 2. The maximum atomic E-state index is 13.4. The third-order valence-corrected chi connectivity index (χ3v) is 5.07. The van der Waals surface area contributed by atoms with E-state index in [1.165, 1.54) is 19.1 Å². The van der Waals surface area contributed by atoms with Gasteiger partial charge in [-0.05, 0) is 19.1 Å². The third-order valence-electron chi connectivity index (χ3n) is 3.04. The molecule has 1 atom stereocenters. The molecule has 2 rings (SSSR count). The topological polar surface area (TPSA) is 92.5 Å². The molecule has 1 fully saturated rings. The largest absolute Gasteiger partial charge is 0.395 e. The van der Waals surface area contributed by atoms with Gasteiger partial charge in [-0.3, -0.25) is 4.79 Å². The minimum atomic E-state index is -3.99. The Labute approximate surface area is 110 Å². The van der Waals surface area contributed by atoms with Gasteiger partial charge in [0.05, 0.1) is 5.69 Å². The van der Waals surface area contributed by atoms with Crippen molar-refractivity contribution in [1.82, 2.24) is 9.62 Å². The monoisotopic (exact) mass is 287 g/mol. The van der Waals surface area contributed by atoms with Crippen LogP contribution in [0.2, 0.25) is 0 Å². The summed E-state index contributed by atoms with van der Waals surface area (Å²) < 4.78 is 39.2. The van der Waals surface area contributed by atoms with Crippen molar-refractivity contribution in [2.24, 2.45) is 0 Å². The summed E-state index contributed by atoms with van der Waals surface area (Å²) in [5.74, 6) is -1.18. The molecule has 104 valence electrons. The average Bonchev–Trinajstić information content (AvgIpc) is 2.35. The fourth-order valence-electron chi connectivity index (χ4n) is 1.96. The Morgan fingerprint density at radius 3 is 2.84 bits per heavy atom. The smallest absolute Gasteiger partial charge is 0.246 e. The molecule has 1 heterocycles. The summed E-state index contributed by atoms with van der Waals surface area (Å²) in [6.07, 6.45) is 0. The predicted octanol–water partition coefficient (Wildman–Crippen LogP) is -0.0831. The number of hydrogen-bond acceptors (Lipinski definition) is 4. The molecule has 8 heteroatoms. The molecule has 3 N–H and O–H groups in total. The van der Waals surface area contributed by atoms with Gasteiger partial charge in [-0.15, -0.1) is 0 Å². The van der Waals surface area contributed by atoms with Gasteiger partial charge in [-0.2, -0.15) is 4.31 Å². The van der Waals surface area contributed by atoms with Gasteiger partial charge in [0, 0.05) is 13.1 Å². The number of anilines is 1. The summed E-state index contributed by atoms with van der Waals surface area (Å²) in [5, 5.41) is 2.56. The summed E-state index contributed by atoms with van der Waals surface area (Å²) in [6, 6.07) is 2.74. The summed E-state index contributed by atoms with van der Waals surface area (Å²) in [5.41, 5.74) is 5.04. The highest BCUT2D eigenvalue weighted by atomic mass is 32.2. The summed E-state index contributed by atoms with van der Waals surface area (Å²) in [7, 11) is -3.99. The highest BCUT2D eigenvalue weighted by Crippen LogP contribution is 2.26. The van der Waals surface area contributed by atoms with Crippen LogP contribution in [0.3, 0.4) is 0 Å². The van der Waals surface area contributed by atoms with E-state index in [-0.39, 0.29) is 23.9 Å². The lowest BCUT2D eigenvalue weighted by atomic mass is 10.2. The van der Waals surface area contributed by atoms with Crippen LogP contribution in [0.25, 0.3) is 0 Å². The molecule has 0 saturated carbocycles. The van der Waals surface area contributed by atoms with Crippen molar-refractivity contribution in [1.29, 1.82) is 0 Å². The Bertz CT molecular complexity index is 618. The number of carbonyl (C=O) groups excluding carboxylic acids is 1. The third kappa shape index (κ3) is 2.28. The van der Waals surface area contributed by atoms with Crippen molar-refractivity contribution in [3.63, 3.8) is 0 Å². The van der Waals surface area contributed by atoms with Crippen molar-refractivity contribution in [3.8, 4) is 0 Å². The molecule has 1 aromatic carbocycles. The number of piperazine rings is 1. The van der Waals surface area contributed by atoms with E-state index in [1.807, 2.05) is 0 Å². The molecule has 0 bridgehead atoms. The molecule has 1 saturated heterocycles. The molecule has 19 heavy (non-hydrogen) atoms. The zero-order valence-electron chi connectivity index (χ0n) is 10.3. The zero-order chi connectivity index (χ0) is 14.2. The lowest BCUT2D eigenvalue weighted by Gasteiger charge is -2.32. The van der Waals surface area contributed by atoms with Crippen molar-refractivity contribution in [2.75, 3.05) is 18.8 Å². The van der Waals surface area contributed by atoms with Crippen molar-refractivity contribution >= 4 is 21.6 Å². The van der Waals surface area contributed by atoms with E-state index in [4.69, 9.17) is 5.73 Å². The SMILES string of the molecule is CC1C(=O)NCCN1S(=O)(=O)c1cccc(F)c1N. The lowest BCUT2D eigenvalue weighted by Crippen LogP contribution is -2.55. The number of benzene rings is 1. The highest BCUT2D eigenvalue weighted by Gasteiger charge is 2.36. The summed E-state index contributed by atoms with van der Waals surface area (Å²) in [4.78, 5) is 11.2. The van der Waals surface area contributed by atoms with Crippen molar-refractivity contribution in [3.05, 3.63) is 24.0 Å². The van der Waals surface area contributed by atoms with Crippen molar-refractivity contribution in [2.45, 2.75) is 17.9 Å². The minimum Gasteiger partial charge on any atom is -0.395 e. The van der Waals surface area contributed by atoms with Gasteiger partial charge in [0.15, 0.2) is 0 Å². The van der Waals surface area contributed by atoms with Crippen LogP contribution in [0, 0.1) is 5.82 Å². The molecule has 0 radical (unpaired) electrons. The van der Waals surface area contributed by atoms with Crippen LogP contribution >= 0.6 is 0 Å². The van der Waals surface area contributed by atoms with E-state index in [9.17, 15) is 17.6 Å². The molecule has 1 aliphatic rings. The minimum absolute atomic E-state index is 0.130. The number of amides is 1. The van der Waals surface area contributed by atoms with E-state index < -0.39 is 27.6 Å². The fraction of sp³-hybridized carbons (Fsp3) is 0.364. The molecule has 1 amide bonds. The van der Waals surface area contributed by atoms with E-state index in [0.29, 0.717) is 0 Å². The molecule has 1 aromatic rings. The van der Waals surface area contributed by atoms with Crippen LogP contribution in [0.5, 0.6) is 0 Å². The first-order chi connectivity index (χ1) is 8.85. The maximum Gasteiger partial charge on any atom is 0.246 e. The van der Waals surface area contributed by atoms with E-state index in [1.54, 1.807) is 0 Å². The second-order valence-electron chi connectivity index (χ2n) is 4.23. The van der Waals surface area contributed by atoms with E-state index >= 15 is 0 Å². The summed E-state index contributed by atoms with van der Waals surface area (Å²) >= 11 is 0. The number of nitrogen functional groups attached to an aromatic ring is 1. The van der Waals surface area contributed by atoms with Crippen LogP contribution < -0.4 is 11.1 Å². The second-order valence-corrected chi connectivity index (χ2v) is 6.09. The fourth-order valence-corrected chi connectivity index (χ4v) is 3.68. The first-order valence-electron chi connectivity index (χ1n) is 5.69. The van der Waals surface area contributed by atoms with Gasteiger partial charge in [-0.1, -0.05) is 6.07 Å². The summed E-state index contributed by atoms with van der Waals surface area (Å²) in [6.45, 7) is 1.82. The molecular formula is C11H14FN3O3S. The Hall–Kier alpha value is -1.67.